The predicted molar refractivity (Wildman–Crippen MR) is 49.7 cm³/mol. The number of methoxy groups -OCH3 is 2. The van der Waals surface area contributed by atoms with E-state index < -0.39 is 17.9 Å². The Morgan fingerprint density at radius 2 is 1.87 bits per heavy atom. The molecule has 0 spiro atoms. The summed E-state index contributed by atoms with van der Waals surface area (Å²) in [6, 6.07) is 3.72. The predicted octanol–water partition coefficient (Wildman–Crippen LogP) is 1.96. The lowest BCUT2D eigenvalue weighted by molar-refractivity contribution is -0.122. The Morgan fingerprint density at radius 3 is 2.47 bits per heavy atom. The molecule has 1 aromatic carbocycles. The van der Waals surface area contributed by atoms with Crippen molar-refractivity contribution < 1.29 is 23.0 Å². The number of benzene rings is 1. The molecule has 1 aromatic rings. The SMILES string of the molecule is COC(COc1cccc(F)c1F)OC. The Kier molecular flexibility index (Phi) is 4.45. The molecule has 0 N–H and O–H groups in total. The summed E-state index contributed by atoms with van der Waals surface area (Å²) in [6.45, 7) is -0.00657. The molecule has 15 heavy (non-hydrogen) atoms. The van der Waals surface area contributed by atoms with Crippen LogP contribution in [0.1, 0.15) is 0 Å². The second-order valence-electron chi connectivity index (χ2n) is 2.76. The van der Waals surface area contributed by atoms with Crippen molar-refractivity contribution in [2.75, 3.05) is 20.8 Å². The molecule has 0 bridgehead atoms. The summed E-state index contributed by atoms with van der Waals surface area (Å²) in [4.78, 5) is 0. The van der Waals surface area contributed by atoms with Gasteiger partial charge in [-0.25, -0.2) is 4.39 Å². The molecule has 0 aliphatic carbocycles. The molecule has 0 radical (unpaired) electrons. The highest BCUT2D eigenvalue weighted by molar-refractivity contribution is 5.24. The summed E-state index contributed by atoms with van der Waals surface area (Å²) >= 11 is 0. The molecule has 0 heterocycles. The van der Waals surface area contributed by atoms with Gasteiger partial charge in [-0.1, -0.05) is 6.07 Å². The maximum absolute atomic E-state index is 13.1. The van der Waals surface area contributed by atoms with Gasteiger partial charge in [-0.05, 0) is 12.1 Å². The van der Waals surface area contributed by atoms with Crippen molar-refractivity contribution in [1.82, 2.24) is 0 Å². The van der Waals surface area contributed by atoms with Crippen molar-refractivity contribution in [3.63, 3.8) is 0 Å². The van der Waals surface area contributed by atoms with Crippen LogP contribution in [0.25, 0.3) is 0 Å². The molecule has 0 amide bonds. The van der Waals surface area contributed by atoms with Gasteiger partial charge in [-0.3, -0.25) is 0 Å². The van der Waals surface area contributed by atoms with E-state index in [9.17, 15) is 8.78 Å². The Labute approximate surface area is 86.6 Å². The Bertz CT molecular complexity index is 314. The van der Waals surface area contributed by atoms with Crippen LogP contribution in [0.5, 0.6) is 5.75 Å². The van der Waals surface area contributed by atoms with E-state index >= 15 is 0 Å². The molecule has 5 heteroatoms. The van der Waals surface area contributed by atoms with Crippen molar-refractivity contribution in [1.29, 1.82) is 0 Å². The highest BCUT2D eigenvalue weighted by atomic mass is 19.2. The van der Waals surface area contributed by atoms with E-state index in [0.29, 0.717) is 0 Å². The quantitative estimate of drug-likeness (QED) is 0.707. The maximum atomic E-state index is 13.1. The normalized spacial score (nSPS) is 10.7. The molecule has 0 atom stereocenters. The molecule has 3 nitrogen and oxygen atoms in total. The van der Waals surface area contributed by atoms with Gasteiger partial charge in [0.05, 0.1) is 0 Å². The minimum atomic E-state index is -1.01. The first-order valence-electron chi connectivity index (χ1n) is 4.31. The molecular weight excluding hydrogens is 206 g/mol. The molecule has 0 saturated heterocycles. The molecule has 1 rings (SSSR count). The van der Waals surface area contributed by atoms with Gasteiger partial charge in [0.2, 0.25) is 5.82 Å². The lowest BCUT2D eigenvalue weighted by Gasteiger charge is -2.14. The number of halogens is 2. The van der Waals surface area contributed by atoms with Crippen LogP contribution in [0.4, 0.5) is 8.78 Å². The lowest BCUT2D eigenvalue weighted by Crippen LogP contribution is -2.22. The number of hydrogen-bond donors (Lipinski definition) is 0. The zero-order valence-electron chi connectivity index (χ0n) is 8.50. The largest absolute Gasteiger partial charge is 0.485 e. The van der Waals surface area contributed by atoms with Gasteiger partial charge in [0.1, 0.15) is 6.61 Å². The van der Waals surface area contributed by atoms with Crippen LogP contribution in [0.15, 0.2) is 18.2 Å². The third-order valence-corrected chi connectivity index (χ3v) is 1.82. The molecule has 0 aromatic heterocycles. The molecule has 0 aliphatic heterocycles. The van der Waals surface area contributed by atoms with Crippen molar-refractivity contribution in [3.8, 4) is 5.75 Å². The van der Waals surface area contributed by atoms with Gasteiger partial charge in [0.25, 0.3) is 0 Å². The van der Waals surface area contributed by atoms with E-state index in [-0.39, 0.29) is 12.4 Å². The van der Waals surface area contributed by atoms with E-state index in [1.807, 2.05) is 0 Å². The van der Waals surface area contributed by atoms with Crippen LogP contribution < -0.4 is 4.74 Å². The first-order valence-corrected chi connectivity index (χ1v) is 4.31. The smallest absolute Gasteiger partial charge is 0.200 e. The van der Waals surface area contributed by atoms with E-state index in [1.54, 1.807) is 0 Å². The van der Waals surface area contributed by atoms with Crippen molar-refractivity contribution in [3.05, 3.63) is 29.8 Å². The lowest BCUT2D eigenvalue weighted by atomic mass is 10.3. The Hall–Kier alpha value is -1.20. The third-order valence-electron chi connectivity index (χ3n) is 1.82. The van der Waals surface area contributed by atoms with Gasteiger partial charge in [-0.15, -0.1) is 0 Å². The average molecular weight is 218 g/mol. The molecule has 0 unspecified atom stereocenters. The molecule has 0 aliphatic rings. The van der Waals surface area contributed by atoms with Crippen LogP contribution in [0, 0.1) is 11.6 Å². The van der Waals surface area contributed by atoms with E-state index in [2.05, 4.69) is 0 Å². The minimum Gasteiger partial charge on any atom is -0.485 e. The fraction of sp³-hybridized carbons (Fsp3) is 0.400. The van der Waals surface area contributed by atoms with Gasteiger partial charge in [0.15, 0.2) is 17.9 Å². The van der Waals surface area contributed by atoms with Crippen molar-refractivity contribution in [2.24, 2.45) is 0 Å². The van der Waals surface area contributed by atoms with E-state index in [4.69, 9.17) is 14.2 Å². The van der Waals surface area contributed by atoms with Gasteiger partial charge < -0.3 is 14.2 Å². The summed E-state index contributed by atoms with van der Waals surface area (Å²) < 4.78 is 40.5. The highest BCUT2D eigenvalue weighted by Gasteiger charge is 2.11. The Balaban J connectivity index is 2.61. The summed E-state index contributed by atoms with van der Waals surface area (Å²) in [5.74, 6) is -2.11. The topological polar surface area (TPSA) is 27.7 Å². The summed E-state index contributed by atoms with van der Waals surface area (Å²) in [5.41, 5.74) is 0. The molecule has 0 saturated carbocycles. The monoisotopic (exact) mass is 218 g/mol. The first kappa shape index (κ1) is 11.9. The Morgan fingerprint density at radius 1 is 1.20 bits per heavy atom. The molecule has 0 fully saturated rings. The second-order valence-corrected chi connectivity index (χ2v) is 2.76. The van der Waals surface area contributed by atoms with Crippen molar-refractivity contribution in [2.45, 2.75) is 6.29 Å². The van der Waals surface area contributed by atoms with Crippen molar-refractivity contribution >= 4 is 0 Å². The zero-order chi connectivity index (χ0) is 11.3. The van der Waals surface area contributed by atoms with Crippen LogP contribution in [0.2, 0.25) is 0 Å². The van der Waals surface area contributed by atoms with E-state index in [1.165, 1.54) is 26.4 Å². The third kappa shape index (κ3) is 3.14. The summed E-state index contributed by atoms with van der Waals surface area (Å²) in [7, 11) is 2.86. The van der Waals surface area contributed by atoms with Crippen LogP contribution in [-0.2, 0) is 9.47 Å². The fourth-order valence-electron chi connectivity index (χ4n) is 0.986. The molecule has 84 valence electrons. The highest BCUT2D eigenvalue weighted by Crippen LogP contribution is 2.19. The second kappa shape index (κ2) is 5.63. The van der Waals surface area contributed by atoms with Crippen LogP contribution in [0.3, 0.4) is 0 Å². The first-order chi connectivity index (χ1) is 7.19. The van der Waals surface area contributed by atoms with E-state index in [0.717, 1.165) is 6.07 Å². The summed E-state index contributed by atoms with van der Waals surface area (Å²) in [6.07, 6.45) is -0.604. The van der Waals surface area contributed by atoms with Gasteiger partial charge >= 0.3 is 0 Å². The summed E-state index contributed by atoms with van der Waals surface area (Å²) in [5, 5.41) is 0. The van der Waals surface area contributed by atoms with Gasteiger partial charge in [-0.2, -0.15) is 4.39 Å². The van der Waals surface area contributed by atoms with Crippen LogP contribution >= 0.6 is 0 Å². The zero-order valence-corrected chi connectivity index (χ0v) is 8.50. The minimum absolute atomic E-state index is 0.00657. The maximum Gasteiger partial charge on any atom is 0.200 e. The molecular formula is C10H12F2O3. The average Bonchev–Trinajstić information content (AvgIpc) is 2.25. The number of rotatable bonds is 5. The standard InChI is InChI=1S/C10H12F2O3/c1-13-9(14-2)6-15-8-5-3-4-7(11)10(8)12/h3-5,9H,6H2,1-2H3. The fourth-order valence-corrected chi connectivity index (χ4v) is 0.986. The number of ether oxygens (including phenoxy) is 3. The van der Waals surface area contributed by atoms with Gasteiger partial charge in [0, 0.05) is 14.2 Å². The number of hydrogen-bond acceptors (Lipinski definition) is 3. The van der Waals surface area contributed by atoms with Crippen LogP contribution in [-0.4, -0.2) is 27.1 Å².